The molecule has 1 aliphatic rings. The van der Waals surface area contributed by atoms with Gasteiger partial charge in [0.2, 0.25) is 0 Å². The van der Waals surface area contributed by atoms with Gasteiger partial charge < -0.3 is 20.0 Å². The van der Waals surface area contributed by atoms with Crippen molar-refractivity contribution in [3.63, 3.8) is 0 Å². The molecule has 1 aliphatic heterocycles. The maximum absolute atomic E-state index is 14.0. The number of halogens is 1. The average molecular weight is 791 g/mol. The Morgan fingerprint density at radius 1 is 0.754 bits per heavy atom. The molecule has 2 aromatic heterocycles. The quantitative estimate of drug-likeness (QED) is 0.125. The van der Waals surface area contributed by atoms with E-state index in [4.69, 9.17) is 0 Å². The molecule has 0 saturated carbocycles. The number of H-pyrrole nitrogens is 2. The summed E-state index contributed by atoms with van der Waals surface area (Å²) >= 11 is 0. The maximum Gasteiger partial charge on any atom is 0.407 e. The van der Waals surface area contributed by atoms with Crippen molar-refractivity contribution in [2.75, 3.05) is 13.1 Å². The Morgan fingerprint density at radius 3 is 1.88 bits per heavy atom. The first-order valence-corrected chi connectivity index (χ1v) is 20.2. The third-order valence-electron chi connectivity index (χ3n) is 10.3. The Morgan fingerprint density at radius 2 is 1.30 bits per heavy atom. The SMILES string of the molecule is O=C(O)N1CCC(n2c(=O)n(S(=O)(=O)c3ccc(F)cc3)c3ccccc32)C[C@@H]1CCCN(Cc1ccccc1)Cc1ccccc1.O=c1[nH]c2ccccc2[nH]1. The second-order valence-corrected chi connectivity index (χ2v) is 15.9. The first-order chi connectivity index (χ1) is 27.6. The van der Waals surface area contributed by atoms with Crippen molar-refractivity contribution in [3.05, 3.63) is 171 Å². The molecule has 12 nitrogen and oxygen atoms in total. The van der Waals surface area contributed by atoms with E-state index in [9.17, 15) is 32.3 Å². The molecule has 0 radical (unpaired) electrons. The lowest BCUT2D eigenvalue weighted by Crippen LogP contribution is -2.47. The Bertz CT molecular complexity index is 2600. The summed E-state index contributed by atoms with van der Waals surface area (Å²) in [5.74, 6) is -0.585. The molecule has 14 heteroatoms. The molecule has 3 heterocycles. The van der Waals surface area contributed by atoms with Crippen LogP contribution in [0.25, 0.3) is 22.1 Å². The summed E-state index contributed by atoms with van der Waals surface area (Å²) in [5.41, 5.74) is 3.89. The van der Waals surface area contributed by atoms with E-state index < -0.39 is 33.7 Å². The number of hydrogen-bond donors (Lipinski definition) is 3. The van der Waals surface area contributed by atoms with Crippen LogP contribution in [0.2, 0.25) is 0 Å². The van der Waals surface area contributed by atoms with Gasteiger partial charge in [-0.25, -0.2) is 27.2 Å². The third-order valence-corrected chi connectivity index (χ3v) is 12.0. The van der Waals surface area contributed by atoms with Crippen LogP contribution in [0, 0.1) is 5.82 Å². The van der Waals surface area contributed by atoms with Crippen molar-refractivity contribution in [3.8, 4) is 0 Å². The standard InChI is InChI=1S/C36H37FN4O5S.C7H6N2O/c37-29-17-19-32(20-18-29)47(45,46)41-34-16-8-7-15-33(34)40(35(41)42)31-21-23-39(36(43)44)30(24-31)14-9-22-38(25-27-10-3-1-4-11-27)26-28-12-5-2-6-13-28;10-7-8-5-3-1-2-4-6(5)9-7/h1-8,10-13,15-20,30-31H,9,14,21-26H2,(H,43,44);1-4H,(H2,8,9,10)/t30-,31?;/m0./s1. The molecular weight excluding hydrogens is 748 g/mol. The molecular formula is C43H43FN6O6S. The number of likely N-dealkylation sites (tertiary alicyclic amines) is 1. The average Bonchev–Trinajstić information content (AvgIpc) is 3.74. The second kappa shape index (κ2) is 17.3. The van der Waals surface area contributed by atoms with Gasteiger partial charge in [-0.1, -0.05) is 84.9 Å². The van der Waals surface area contributed by atoms with Crippen LogP contribution in [0.3, 0.4) is 0 Å². The van der Waals surface area contributed by atoms with Crippen molar-refractivity contribution in [2.45, 2.75) is 55.8 Å². The van der Waals surface area contributed by atoms with E-state index in [2.05, 4.69) is 39.1 Å². The van der Waals surface area contributed by atoms with E-state index in [1.165, 1.54) is 20.6 Å². The van der Waals surface area contributed by atoms with E-state index in [0.29, 0.717) is 24.8 Å². The van der Waals surface area contributed by atoms with Crippen LogP contribution < -0.4 is 11.4 Å². The van der Waals surface area contributed by atoms with E-state index in [0.717, 1.165) is 65.3 Å². The molecule has 5 aromatic carbocycles. The molecule has 0 spiro atoms. The number of aromatic nitrogens is 4. The lowest BCUT2D eigenvalue weighted by atomic mass is 9.93. The lowest BCUT2D eigenvalue weighted by Gasteiger charge is -2.38. The molecule has 1 unspecified atom stereocenters. The van der Waals surface area contributed by atoms with Crippen LogP contribution in [-0.2, 0) is 23.1 Å². The summed E-state index contributed by atoms with van der Waals surface area (Å²) in [6.07, 6.45) is 1.04. The highest BCUT2D eigenvalue weighted by Crippen LogP contribution is 2.32. The highest BCUT2D eigenvalue weighted by molar-refractivity contribution is 7.90. The van der Waals surface area contributed by atoms with Crippen LogP contribution in [0.1, 0.15) is 42.9 Å². The van der Waals surface area contributed by atoms with E-state index in [-0.39, 0.29) is 28.7 Å². The number of aromatic amines is 2. The number of piperidine rings is 1. The van der Waals surface area contributed by atoms with E-state index in [1.54, 1.807) is 24.3 Å². The number of rotatable bonds is 11. The molecule has 8 rings (SSSR count). The van der Waals surface area contributed by atoms with Crippen LogP contribution in [0.15, 0.2) is 148 Å². The zero-order valence-electron chi connectivity index (χ0n) is 31.1. The fourth-order valence-corrected chi connectivity index (χ4v) is 9.05. The number of amides is 1. The summed E-state index contributed by atoms with van der Waals surface area (Å²) in [6, 6.07) is 38.2. The minimum Gasteiger partial charge on any atom is -0.465 e. The zero-order valence-corrected chi connectivity index (χ0v) is 31.9. The van der Waals surface area contributed by atoms with Gasteiger partial charge in [0.05, 0.1) is 27.0 Å². The number of benzene rings is 5. The number of nitrogens with one attached hydrogen (secondary N) is 2. The van der Waals surface area contributed by atoms with Crippen molar-refractivity contribution in [1.29, 1.82) is 0 Å². The van der Waals surface area contributed by atoms with Crippen molar-refractivity contribution >= 4 is 38.2 Å². The topological polar surface area (TPSA) is 153 Å². The largest absolute Gasteiger partial charge is 0.465 e. The van der Waals surface area contributed by atoms with Gasteiger partial charge in [0.25, 0.3) is 10.0 Å². The number of imidazole rings is 2. The molecule has 3 N–H and O–H groups in total. The predicted octanol–water partition coefficient (Wildman–Crippen LogP) is 7.20. The summed E-state index contributed by atoms with van der Waals surface area (Å²) in [6.45, 7) is 2.47. The fourth-order valence-electron chi connectivity index (χ4n) is 7.66. The molecule has 0 bridgehead atoms. The Labute approximate surface area is 328 Å². The summed E-state index contributed by atoms with van der Waals surface area (Å²) < 4.78 is 43.2. The molecule has 7 aromatic rings. The van der Waals surface area contributed by atoms with Crippen molar-refractivity contribution in [2.24, 2.45) is 0 Å². The van der Waals surface area contributed by atoms with Gasteiger partial charge in [-0.05, 0) is 91.9 Å². The first-order valence-electron chi connectivity index (χ1n) is 18.8. The van der Waals surface area contributed by atoms with Gasteiger partial charge in [-0.2, -0.15) is 3.97 Å². The molecule has 1 amide bonds. The van der Waals surface area contributed by atoms with Gasteiger partial charge in [-0.15, -0.1) is 0 Å². The smallest absolute Gasteiger partial charge is 0.407 e. The molecule has 1 fully saturated rings. The van der Waals surface area contributed by atoms with Crippen molar-refractivity contribution < 1.29 is 22.7 Å². The summed E-state index contributed by atoms with van der Waals surface area (Å²) in [5, 5.41) is 10.1. The highest BCUT2D eigenvalue weighted by atomic mass is 32.2. The van der Waals surface area contributed by atoms with E-state index in [1.807, 2.05) is 60.7 Å². The highest BCUT2D eigenvalue weighted by Gasteiger charge is 2.35. The number of fused-ring (bicyclic) bond motifs is 2. The minimum atomic E-state index is -4.34. The van der Waals surface area contributed by atoms with Crippen LogP contribution in [0.4, 0.5) is 9.18 Å². The van der Waals surface area contributed by atoms with Gasteiger partial charge >= 0.3 is 17.5 Å². The van der Waals surface area contributed by atoms with E-state index >= 15 is 0 Å². The monoisotopic (exact) mass is 790 g/mol. The summed E-state index contributed by atoms with van der Waals surface area (Å²) in [4.78, 5) is 45.9. The van der Waals surface area contributed by atoms with Gasteiger partial charge in [0.15, 0.2) is 0 Å². The van der Waals surface area contributed by atoms with Crippen LogP contribution >= 0.6 is 0 Å². The molecule has 2 atom stereocenters. The Balaban J connectivity index is 0.000000428. The van der Waals surface area contributed by atoms with Crippen LogP contribution in [-0.4, -0.2) is 67.1 Å². The van der Waals surface area contributed by atoms with Gasteiger partial charge in [-0.3, -0.25) is 9.47 Å². The normalized spacial score (nSPS) is 15.8. The lowest BCUT2D eigenvalue weighted by molar-refractivity contribution is 0.0853. The third kappa shape index (κ3) is 8.92. The minimum absolute atomic E-state index is 0.152. The zero-order chi connectivity index (χ0) is 39.9. The molecule has 294 valence electrons. The van der Waals surface area contributed by atoms with Gasteiger partial charge in [0, 0.05) is 31.7 Å². The number of carboxylic acid groups (broad SMARTS) is 1. The summed E-state index contributed by atoms with van der Waals surface area (Å²) in [7, 11) is -4.34. The molecule has 57 heavy (non-hydrogen) atoms. The molecule has 0 aliphatic carbocycles. The number of nitrogens with zero attached hydrogens (tertiary/aromatic N) is 4. The number of hydrogen-bond acceptors (Lipinski definition) is 6. The Kier molecular flexibility index (Phi) is 11.8. The molecule has 1 saturated heterocycles. The first kappa shape index (κ1) is 39.0. The predicted molar refractivity (Wildman–Crippen MR) is 217 cm³/mol. The number of carbonyl (C=O) groups is 1. The van der Waals surface area contributed by atoms with Crippen molar-refractivity contribution in [1.82, 2.24) is 28.3 Å². The second-order valence-electron chi connectivity index (χ2n) is 14.1. The number of para-hydroxylation sites is 4. The Hall–Kier alpha value is -6.25. The maximum atomic E-state index is 14.0. The fraction of sp³-hybridized carbons (Fsp3) is 0.233. The van der Waals surface area contributed by atoms with Crippen LogP contribution in [0.5, 0.6) is 0 Å². The van der Waals surface area contributed by atoms with Gasteiger partial charge in [0.1, 0.15) is 5.82 Å².